The number of aryl methyl sites for hydroxylation is 4. The smallest absolute Gasteiger partial charge is 0.257 e. The van der Waals surface area contributed by atoms with Crippen molar-refractivity contribution >= 4 is 23.1 Å². The van der Waals surface area contributed by atoms with Crippen LogP contribution in [0.1, 0.15) is 31.4 Å². The van der Waals surface area contributed by atoms with E-state index in [2.05, 4.69) is 15.5 Å². The number of ether oxygens (including phenoxy) is 2. The SMILES string of the molecule is COc1cc(CCc2cc(NC(=O)c3cc(C)sc3C)n[nH]2)cc(OC)c1. The van der Waals surface area contributed by atoms with Crippen molar-refractivity contribution in [1.29, 1.82) is 0 Å². The zero-order valence-electron chi connectivity index (χ0n) is 15.9. The molecule has 0 radical (unpaired) electrons. The molecule has 0 fully saturated rings. The number of amides is 1. The van der Waals surface area contributed by atoms with E-state index in [0.29, 0.717) is 11.4 Å². The van der Waals surface area contributed by atoms with Crippen molar-refractivity contribution in [2.75, 3.05) is 19.5 Å². The molecule has 0 aliphatic carbocycles. The molecule has 3 aromatic rings. The molecule has 3 rings (SSSR count). The van der Waals surface area contributed by atoms with E-state index in [9.17, 15) is 4.79 Å². The Morgan fingerprint density at radius 2 is 1.78 bits per heavy atom. The van der Waals surface area contributed by atoms with Crippen LogP contribution in [0.25, 0.3) is 0 Å². The predicted molar refractivity (Wildman–Crippen MR) is 107 cm³/mol. The molecular formula is C20H23N3O3S. The second-order valence-electron chi connectivity index (χ2n) is 6.28. The highest BCUT2D eigenvalue weighted by atomic mass is 32.1. The molecule has 1 amide bonds. The molecule has 7 heteroatoms. The first-order valence-electron chi connectivity index (χ1n) is 8.63. The van der Waals surface area contributed by atoms with Gasteiger partial charge in [0.1, 0.15) is 11.5 Å². The summed E-state index contributed by atoms with van der Waals surface area (Å²) in [5.41, 5.74) is 2.76. The number of hydrogen-bond donors (Lipinski definition) is 2. The summed E-state index contributed by atoms with van der Waals surface area (Å²) in [5.74, 6) is 1.93. The van der Waals surface area contributed by atoms with Crippen molar-refractivity contribution < 1.29 is 14.3 Å². The van der Waals surface area contributed by atoms with Gasteiger partial charge in [0.25, 0.3) is 5.91 Å². The summed E-state index contributed by atoms with van der Waals surface area (Å²) in [5, 5.41) is 10.0. The van der Waals surface area contributed by atoms with Gasteiger partial charge in [-0.05, 0) is 50.5 Å². The van der Waals surface area contributed by atoms with E-state index in [4.69, 9.17) is 9.47 Å². The highest BCUT2D eigenvalue weighted by Gasteiger charge is 2.13. The minimum Gasteiger partial charge on any atom is -0.497 e. The molecule has 1 aromatic carbocycles. The first kappa shape index (κ1) is 19.0. The quantitative estimate of drug-likeness (QED) is 0.641. The number of aromatic nitrogens is 2. The van der Waals surface area contributed by atoms with E-state index in [0.717, 1.165) is 45.4 Å². The van der Waals surface area contributed by atoms with Gasteiger partial charge in [-0.1, -0.05) is 0 Å². The van der Waals surface area contributed by atoms with Crippen LogP contribution in [0.4, 0.5) is 5.82 Å². The average Bonchev–Trinajstić information content (AvgIpc) is 3.25. The highest BCUT2D eigenvalue weighted by molar-refractivity contribution is 7.12. The second-order valence-corrected chi connectivity index (χ2v) is 7.74. The number of carbonyl (C=O) groups is 1. The van der Waals surface area contributed by atoms with E-state index in [-0.39, 0.29) is 5.91 Å². The minimum absolute atomic E-state index is 0.132. The number of rotatable bonds is 7. The number of hydrogen-bond acceptors (Lipinski definition) is 5. The number of nitrogens with one attached hydrogen (secondary N) is 2. The number of carbonyl (C=O) groups excluding carboxylic acids is 1. The first-order valence-corrected chi connectivity index (χ1v) is 9.44. The summed E-state index contributed by atoms with van der Waals surface area (Å²) >= 11 is 1.62. The number of nitrogens with zero attached hydrogens (tertiary/aromatic N) is 1. The van der Waals surface area contributed by atoms with Gasteiger partial charge in [0.15, 0.2) is 5.82 Å². The van der Waals surface area contributed by atoms with Crippen LogP contribution in [0.2, 0.25) is 0 Å². The Labute approximate surface area is 162 Å². The third kappa shape index (κ3) is 4.68. The maximum absolute atomic E-state index is 12.4. The van der Waals surface area contributed by atoms with E-state index in [1.165, 1.54) is 0 Å². The molecule has 0 atom stereocenters. The van der Waals surface area contributed by atoms with Crippen LogP contribution in [0.5, 0.6) is 11.5 Å². The van der Waals surface area contributed by atoms with Gasteiger partial charge in [-0.15, -0.1) is 11.3 Å². The number of benzene rings is 1. The second kappa shape index (κ2) is 8.26. The van der Waals surface area contributed by atoms with Gasteiger partial charge in [0, 0.05) is 27.6 Å². The third-order valence-corrected chi connectivity index (χ3v) is 5.22. The van der Waals surface area contributed by atoms with Gasteiger partial charge >= 0.3 is 0 Å². The molecule has 0 aliphatic heterocycles. The predicted octanol–water partition coefficient (Wildman–Crippen LogP) is 4.14. The molecule has 6 nitrogen and oxygen atoms in total. The van der Waals surface area contributed by atoms with E-state index in [1.54, 1.807) is 25.6 Å². The first-order chi connectivity index (χ1) is 13.0. The van der Waals surface area contributed by atoms with Crippen molar-refractivity contribution in [2.24, 2.45) is 0 Å². The van der Waals surface area contributed by atoms with Crippen molar-refractivity contribution in [3.8, 4) is 11.5 Å². The lowest BCUT2D eigenvalue weighted by Gasteiger charge is -2.08. The van der Waals surface area contributed by atoms with Crippen LogP contribution in [0.3, 0.4) is 0 Å². The minimum atomic E-state index is -0.132. The molecule has 0 saturated heterocycles. The van der Waals surface area contributed by atoms with E-state index < -0.39 is 0 Å². The van der Waals surface area contributed by atoms with Crippen LogP contribution in [0, 0.1) is 13.8 Å². The molecule has 0 aliphatic rings. The highest BCUT2D eigenvalue weighted by Crippen LogP contribution is 2.24. The number of thiophene rings is 1. The maximum Gasteiger partial charge on any atom is 0.257 e. The summed E-state index contributed by atoms with van der Waals surface area (Å²) < 4.78 is 10.6. The standard InChI is InChI=1S/C20H23N3O3S/c1-12-7-18(13(2)27-12)20(24)21-19-10-15(22-23-19)6-5-14-8-16(25-3)11-17(9-14)26-4/h7-11H,5-6H2,1-4H3,(H2,21,22,23,24). The number of anilines is 1. The number of aromatic amines is 1. The van der Waals surface area contributed by atoms with Crippen LogP contribution in [0.15, 0.2) is 30.3 Å². The molecule has 0 bridgehead atoms. The summed E-state index contributed by atoms with van der Waals surface area (Å²) in [4.78, 5) is 14.5. The van der Waals surface area contributed by atoms with E-state index >= 15 is 0 Å². The summed E-state index contributed by atoms with van der Waals surface area (Å²) in [6.45, 7) is 3.94. The molecule has 0 saturated carbocycles. The van der Waals surface area contributed by atoms with Gasteiger partial charge in [0.2, 0.25) is 0 Å². The fourth-order valence-corrected chi connectivity index (χ4v) is 3.80. The van der Waals surface area contributed by atoms with Gasteiger partial charge < -0.3 is 14.8 Å². The van der Waals surface area contributed by atoms with Crippen molar-refractivity contribution in [3.05, 3.63) is 56.9 Å². The van der Waals surface area contributed by atoms with Gasteiger partial charge in [-0.3, -0.25) is 9.89 Å². The van der Waals surface area contributed by atoms with Crippen LogP contribution < -0.4 is 14.8 Å². The van der Waals surface area contributed by atoms with Crippen molar-refractivity contribution in [3.63, 3.8) is 0 Å². The number of methoxy groups -OCH3 is 2. The molecule has 2 heterocycles. The maximum atomic E-state index is 12.4. The van der Waals surface area contributed by atoms with Crippen LogP contribution in [-0.4, -0.2) is 30.3 Å². The lowest BCUT2D eigenvalue weighted by molar-refractivity contribution is 0.102. The Hall–Kier alpha value is -2.80. The van der Waals surface area contributed by atoms with Crippen LogP contribution >= 0.6 is 11.3 Å². The van der Waals surface area contributed by atoms with Crippen LogP contribution in [-0.2, 0) is 12.8 Å². The Kier molecular flexibility index (Phi) is 5.81. The Morgan fingerprint density at radius 3 is 2.37 bits per heavy atom. The van der Waals surface area contributed by atoms with Gasteiger partial charge in [-0.2, -0.15) is 5.10 Å². The topological polar surface area (TPSA) is 76.2 Å². The zero-order valence-corrected chi connectivity index (χ0v) is 16.7. The number of H-pyrrole nitrogens is 1. The third-order valence-electron chi connectivity index (χ3n) is 4.25. The Morgan fingerprint density at radius 1 is 1.07 bits per heavy atom. The average molecular weight is 385 g/mol. The van der Waals surface area contributed by atoms with Crippen molar-refractivity contribution in [2.45, 2.75) is 26.7 Å². The zero-order chi connectivity index (χ0) is 19.4. The molecule has 0 unspecified atom stereocenters. The fraction of sp³-hybridized carbons (Fsp3) is 0.300. The fourth-order valence-electron chi connectivity index (χ4n) is 2.88. The molecule has 2 N–H and O–H groups in total. The molecule has 142 valence electrons. The molecule has 0 spiro atoms. The largest absolute Gasteiger partial charge is 0.497 e. The Bertz CT molecular complexity index is 924. The van der Waals surface area contributed by atoms with Gasteiger partial charge in [0.05, 0.1) is 19.8 Å². The molecular weight excluding hydrogens is 362 g/mol. The van der Waals surface area contributed by atoms with Gasteiger partial charge in [-0.25, -0.2) is 0 Å². The lowest BCUT2D eigenvalue weighted by Crippen LogP contribution is -2.12. The van der Waals surface area contributed by atoms with Crippen molar-refractivity contribution in [1.82, 2.24) is 10.2 Å². The summed E-state index contributed by atoms with van der Waals surface area (Å²) in [6, 6.07) is 9.59. The Balaban J connectivity index is 1.63. The molecule has 2 aromatic heterocycles. The monoisotopic (exact) mass is 385 g/mol. The lowest BCUT2D eigenvalue weighted by atomic mass is 10.1. The van der Waals surface area contributed by atoms with E-state index in [1.807, 2.05) is 44.2 Å². The summed E-state index contributed by atoms with van der Waals surface area (Å²) in [7, 11) is 3.28. The summed E-state index contributed by atoms with van der Waals surface area (Å²) in [6.07, 6.45) is 1.56. The molecule has 27 heavy (non-hydrogen) atoms. The normalized spacial score (nSPS) is 10.7.